The molecule has 0 unspecified atom stereocenters. The lowest BCUT2D eigenvalue weighted by molar-refractivity contribution is -0.0256. The Morgan fingerprint density at radius 2 is 1.86 bits per heavy atom. The number of aliphatic imine (C=N–C) groups is 1. The highest BCUT2D eigenvalue weighted by atomic mass is 16.5. The molecule has 148 valence electrons. The van der Waals surface area contributed by atoms with Crippen molar-refractivity contribution < 1.29 is 9.47 Å². The van der Waals surface area contributed by atoms with Crippen LogP contribution in [0.15, 0.2) is 41.9 Å². The van der Waals surface area contributed by atoms with Crippen molar-refractivity contribution in [3.63, 3.8) is 0 Å². The number of fused-ring (bicyclic) bond motifs is 3. The van der Waals surface area contributed by atoms with Gasteiger partial charge in [0.15, 0.2) is 15.7 Å². The molecule has 2 spiro atoms. The van der Waals surface area contributed by atoms with E-state index in [-0.39, 0.29) is 5.41 Å². The van der Waals surface area contributed by atoms with E-state index in [1.54, 1.807) is 6.33 Å². The first-order valence-electron chi connectivity index (χ1n) is 10.4. The first kappa shape index (κ1) is 18.7. The van der Waals surface area contributed by atoms with E-state index in [2.05, 4.69) is 43.9 Å². The molecule has 2 N–H and O–H groups in total. The van der Waals surface area contributed by atoms with Crippen LogP contribution < -0.4 is 5.73 Å². The molecule has 8 heteroatoms. The van der Waals surface area contributed by atoms with Gasteiger partial charge in [-0.15, -0.1) is 0 Å². The topological polar surface area (TPSA) is 82.6 Å². The zero-order valence-corrected chi connectivity index (χ0v) is 17.3. The standard InChI is InChI=1S/C21H26B2N4O2/c1-28-16-4-6-19(7-5-16)9-14-3-2-13(15-10-25-12-26-11-15)8-17(14)20(19)21(22,23)29-18(24)27-20/h2-3,8,10-12,16H,4-7,9,22-23H2,1H3,(H2,24,27)/t16-,19-,20-/m0/s1. The molecular formula is C21H26B2N4O2. The molecule has 0 saturated heterocycles. The van der Waals surface area contributed by atoms with Gasteiger partial charge in [-0.25, -0.2) is 15.0 Å². The second-order valence-corrected chi connectivity index (χ2v) is 9.16. The van der Waals surface area contributed by atoms with Crippen LogP contribution in [0, 0.1) is 5.41 Å². The van der Waals surface area contributed by atoms with Gasteiger partial charge < -0.3 is 15.2 Å². The van der Waals surface area contributed by atoms with E-state index in [9.17, 15) is 0 Å². The summed E-state index contributed by atoms with van der Waals surface area (Å²) in [7, 11) is 6.08. The molecule has 0 radical (unpaired) electrons. The average Bonchev–Trinajstić information content (AvgIpc) is 3.13. The fourth-order valence-electron chi connectivity index (χ4n) is 6.19. The van der Waals surface area contributed by atoms with Crippen LogP contribution in [0.25, 0.3) is 11.1 Å². The van der Waals surface area contributed by atoms with Gasteiger partial charge in [-0.3, -0.25) is 0 Å². The summed E-state index contributed by atoms with van der Waals surface area (Å²) in [6.07, 6.45) is 10.8. The second kappa shape index (κ2) is 6.33. The molecule has 0 amide bonds. The van der Waals surface area contributed by atoms with Crippen LogP contribution in [0.2, 0.25) is 0 Å². The van der Waals surface area contributed by atoms with E-state index in [0.717, 1.165) is 43.2 Å². The van der Waals surface area contributed by atoms with Crippen molar-refractivity contribution in [3.8, 4) is 11.1 Å². The van der Waals surface area contributed by atoms with E-state index in [0.29, 0.717) is 12.1 Å². The summed E-state index contributed by atoms with van der Waals surface area (Å²) in [4.78, 5) is 13.5. The van der Waals surface area contributed by atoms with Gasteiger partial charge in [-0.05, 0) is 54.9 Å². The van der Waals surface area contributed by atoms with Gasteiger partial charge in [0.25, 0.3) is 6.02 Å². The summed E-state index contributed by atoms with van der Waals surface area (Å²) in [6, 6.07) is 6.97. The van der Waals surface area contributed by atoms with Gasteiger partial charge in [0, 0.05) is 30.5 Å². The van der Waals surface area contributed by atoms with Crippen molar-refractivity contribution in [1.29, 1.82) is 0 Å². The predicted molar refractivity (Wildman–Crippen MR) is 117 cm³/mol. The number of nitrogens with two attached hydrogens (primary N) is 1. The smallest absolute Gasteiger partial charge is 0.282 e. The van der Waals surface area contributed by atoms with Crippen molar-refractivity contribution in [3.05, 3.63) is 48.0 Å². The Morgan fingerprint density at radius 3 is 2.48 bits per heavy atom. The van der Waals surface area contributed by atoms with Gasteiger partial charge in [-0.1, -0.05) is 12.1 Å². The molecule has 1 saturated carbocycles. The van der Waals surface area contributed by atoms with E-state index >= 15 is 0 Å². The molecule has 2 heterocycles. The maximum atomic E-state index is 6.20. The largest absolute Gasteiger partial charge is 0.475 e. The number of amidine groups is 1. The summed E-state index contributed by atoms with van der Waals surface area (Å²) in [6.45, 7) is 0. The van der Waals surface area contributed by atoms with Crippen molar-refractivity contribution in [2.75, 3.05) is 7.11 Å². The highest BCUT2D eigenvalue weighted by Crippen LogP contribution is 2.65. The third-order valence-corrected chi connectivity index (χ3v) is 7.42. The molecule has 1 aromatic carbocycles. The second-order valence-electron chi connectivity index (χ2n) is 9.16. The van der Waals surface area contributed by atoms with E-state index in [1.165, 1.54) is 11.1 Å². The molecule has 0 bridgehead atoms. The summed E-state index contributed by atoms with van der Waals surface area (Å²) < 4.78 is 11.8. The van der Waals surface area contributed by atoms with Crippen LogP contribution in [0.5, 0.6) is 0 Å². The summed E-state index contributed by atoms with van der Waals surface area (Å²) in [5.74, 6) is 0. The predicted octanol–water partition coefficient (Wildman–Crippen LogP) is 0.735. The minimum Gasteiger partial charge on any atom is -0.475 e. The zero-order valence-electron chi connectivity index (χ0n) is 17.3. The highest BCUT2D eigenvalue weighted by Gasteiger charge is 2.68. The molecule has 1 fully saturated rings. The van der Waals surface area contributed by atoms with Crippen LogP contribution in [0.3, 0.4) is 0 Å². The summed E-state index contributed by atoms with van der Waals surface area (Å²) in [5, 5.41) is -0.520. The zero-order chi connectivity index (χ0) is 20.3. The fraction of sp³-hybridized carbons (Fsp3) is 0.476. The molecular weight excluding hydrogens is 362 g/mol. The normalized spacial score (nSPS) is 32.2. The third-order valence-electron chi connectivity index (χ3n) is 7.42. The van der Waals surface area contributed by atoms with Crippen LogP contribution in [0.1, 0.15) is 36.8 Å². The van der Waals surface area contributed by atoms with Gasteiger partial charge >= 0.3 is 0 Å². The molecule has 1 aromatic heterocycles. The van der Waals surface area contributed by atoms with Crippen molar-refractivity contribution >= 4 is 21.7 Å². The third kappa shape index (κ3) is 2.51. The lowest BCUT2D eigenvalue weighted by atomic mass is 9.45. The van der Waals surface area contributed by atoms with Crippen LogP contribution >= 0.6 is 0 Å². The molecule has 1 aliphatic heterocycles. The summed E-state index contributed by atoms with van der Waals surface area (Å²) in [5.41, 5.74) is 10.4. The first-order chi connectivity index (χ1) is 13.9. The minimum absolute atomic E-state index is 0.0131. The molecule has 2 aromatic rings. The molecule has 3 aliphatic rings. The van der Waals surface area contributed by atoms with Crippen molar-refractivity contribution in [2.45, 2.75) is 49.1 Å². The number of ether oxygens (including phenoxy) is 2. The Hall–Kier alpha value is -2.34. The van der Waals surface area contributed by atoms with Crippen LogP contribution in [0.4, 0.5) is 0 Å². The molecule has 29 heavy (non-hydrogen) atoms. The quantitative estimate of drug-likeness (QED) is 0.768. The number of hydrogen-bond donors (Lipinski definition) is 1. The molecule has 5 rings (SSSR count). The lowest BCUT2D eigenvalue weighted by Crippen LogP contribution is -2.59. The van der Waals surface area contributed by atoms with Gasteiger partial charge in [0.05, 0.1) is 11.5 Å². The number of rotatable bonds is 2. The fourth-order valence-corrected chi connectivity index (χ4v) is 6.19. The van der Waals surface area contributed by atoms with Crippen molar-refractivity contribution in [2.24, 2.45) is 16.1 Å². The van der Waals surface area contributed by atoms with Gasteiger partial charge in [-0.2, -0.15) is 0 Å². The number of benzene rings is 1. The Bertz CT molecular complexity index is 974. The number of nitrogens with zero attached hydrogens (tertiary/aromatic N) is 3. The van der Waals surface area contributed by atoms with Crippen LogP contribution in [-0.4, -0.2) is 50.3 Å². The van der Waals surface area contributed by atoms with Gasteiger partial charge in [0.2, 0.25) is 0 Å². The van der Waals surface area contributed by atoms with Gasteiger partial charge in [0.1, 0.15) is 11.9 Å². The Balaban J connectivity index is 1.69. The number of aromatic nitrogens is 2. The Labute approximate surface area is 173 Å². The lowest BCUT2D eigenvalue weighted by Gasteiger charge is -2.51. The minimum atomic E-state index is -0.520. The maximum Gasteiger partial charge on any atom is 0.282 e. The Kier molecular flexibility index (Phi) is 4.07. The highest BCUT2D eigenvalue weighted by molar-refractivity contribution is 6.41. The Morgan fingerprint density at radius 1 is 1.14 bits per heavy atom. The maximum absolute atomic E-state index is 6.20. The van der Waals surface area contributed by atoms with E-state index in [1.807, 2.05) is 19.5 Å². The monoisotopic (exact) mass is 388 g/mol. The average molecular weight is 388 g/mol. The van der Waals surface area contributed by atoms with Crippen molar-refractivity contribution in [1.82, 2.24) is 9.97 Å². The molecule has 2 aliphatic carbocycles. The molecule has 1 atom stereocenters. The van der Waals surface area contributed by atoms with E-state index < -0.39 is 10.9 Å². The SMILES string of the molecule is BC1(B)OC(N)=N[C@]12c1cc(-c3cncnc3)ccc1C[C@]21CC[C@@H](OC)CC1. The number of hydrogen-bond acceptors (Lipinski definition) is 6. The molecule has 6 nitrogen and oxygen atoms in total. The first-order valence-corrected chi connectivity index (χ1v) is 10.4. The van der Waals surface area contributed by atoms with Crippen LogP contribution in [-0.2, 0) is 21.4 Å². The number of methoxy groups -OCH3 is 1. The summed E-state index contributed by atoms with van der Waals surface area (Å²) >= 11 is 0. The van der Waals surface area contributed by atoms with E-state index in [4.69, 9.17) is 20.2 Å².